The Bertz CT molecular complexity index is 559. The Morgan fingerprint density at radius 2 is 2.30 bits per heavy atom. The van der Waals surface area contributed by atoms with Gasteiger partial charge in [0.05, 0.1) is 5.75 Å². The minimum Gasteiger partial charge on any atom is -0.373 e. The van der Waals surface area contributed by atoms with Gasteiger partial charge in [0.25, 0.3) is 0 Å². The third-order valence-electron chi connectivity index (χ3n) is 3.62. The molecule has 1 aromatic heterocycles. The zero-order chi connectivity index (χ0) is 13.9. The second kappa shape index (κ2) is 5.87. The summed E-state index contributed by atoms with van der Waals surface area (Å²) in [5.41, 5.74) is 2.48. The molecule has 0 spiro atoms. The standard InChI is InChI=1S/C15H19N3OS/c1-3-10(2)20-9-14-17-15(19-18-14)13-8-11-6-4-5-7-12(11)16-13/h4-7,10,13,16H,3,8-9H2,1-2H3. The number of anilines is 1. The molecule has 3 rings (SSSR count). The lowest BCUT2D eigenvalue weighted by Gasteiger charge is -2.05. The molecule has 1 aliphatic rings. The summed E-state index contributed by atoms with van der Waals surface area (Å²) in [7, 11) is 0. The smallest absolute Gasteiger partial charge is 0.249 e. The van der Waals surface area contributed by atoms with E-state index in [4.69, 9.17) is 4.52 Å². The fraction of sp³-hybridized carbons (Fsp3) is 0.467. The van der Waals surface area contributed by atoms with E-state index in [1.807, 2.05) is 17.8 Å². The van der Waals surface area contributed by atoms with Crippen LogP contribution in [0.15, 0.2) is 28.8 Å². The quantitative estimate of drug-likeness (QED) is 0.907. The van der Waals surface area contributed by atoms with Crippen LogP contribution in [0.1, 0.15) is 43.6 Å². The number of fused-ring (bicyclic) bond motifs is 1. The summed E-state index contributed by atoms with van der Waals surface area (Å²) in [5, 5.41) is 8.15. The first-order chi connectivity index (χ1) is 9.76. The first-order valence-electron chi connectivity index (χ1n) is 7.04. The number of hydrogen-bond acceptors (Lipinski definition) is 5. The molecule has 2 atom stereocenters. The summed E-state index contributed by atoms with van der Waals surface area (Å²) in [6.07, 6.45) is 2.07. The van der Waals surface area contributed by atoms with Crippen molar-refractivity contribution in [2.45, 2.75) is 43.7 Å². The van der Waals surface area contributed by atoms with Crippen LogP contribution in [-0.4, -0.2) is 15.4 Å². The van der Waals surface area contributed by atoms with Gasteiger partial charge in [-0.1, -0.05) is 37.2 Å². The third kappa shape index (κ3) is 2.82. The van der Waals surface area contributed by atoms with Gasteiger partial charge in [-0.25, -0.2) is 0 Å². The first kappa shape index (κ1) is 13.5. The minimum absolute atomic E-state index is 0.113. The molecule has 0 saturated heterocycles. The lowest BCUT2D eigenvalue weighted by Crippen LogP contribution is -2.06. The molecule has 0 aliphatic carbocycles. The third-order valence-corrected chi connectivity index (χ3v) is 4.95. The SMILES string of the molecule is CCC(C)SCc1noc(C2Cc3ccccc3N2)n1. The zero-order valence-electron chi connectivity index (χ0n) is 11.8. The number of benzene rings is 1. The highest BCUT2D eigenvalue weighted by molar-refractivity contribution is 7.99. The van der Waals surface area contributed by atoms with E-state index in [1.165, 1.54) is 11.3 Å². The van der Waals surface area contributed by atoms with Gasteiger partial charge in [0, 0.05) is 17.4 Å². The van der Waals surface area contributed by atoms with Crippen LogP contribution in [0.3, 0.4) is 0 Å². The van der Waals surface area contributed by atoms with E-state index in [1.54, 1.807) is 0 Å². The monoisotopic (exact) mass is 289 g/mol. The van der Waals surface area contributed by atoms with Gasteiger partial charge < -0.3 is 9.84 Å². The molecular weight excluding hydrogens is 270 g/mol. The van der Waals surface area contributed by atoms with Crippen LogP contribution in [0.5, 0.6) is 0 Å². The molecule has 0 saturated carbocycles. The maximum absolute atomic E-state index is 5.41. The largest absolute Gasteiger partial charge is 0.373 e. The molecular formula is C15H19N3OS. The number of para-hydroxylation sites is 1. The summed E-state index contributed by atoms with van der Waals surface area (Å²) < 4.78 is 5.41. The second-order valence-electron chi connectivity index (χ2n) is 5.14. The van der Waals surface area contributed by atoms with Crippen LogP contribution >= 0.6 is 11.8 Å². The van der Waals surface area contributed by atoms with E-state index >= 15 is 0 Å². The van der Waals surface area contributed by atoms with Gasteiger partial charge in [-0.15, -0.1) is 0 Å². The number of hydrogen-bond donors (Lipinski definition) is 1. The highest BCUT2D eigenvalue weighted by Crippen LogP contribution is 2.33. The molecule has 1 aromatic carbocycles. The van der Waals surface area contributed by atoms with Crippen molar-refractivity contribution >= 4 is 17.4 Å². The molecule has 2 unspecified atom stereocenters. The van der Waals surface area contributed by atoms with Gasteiger partial charge in [-0.05, 0) is 18.1 Å². The Morgan fingerprint density at radius 1 is 1.45 bits per heavy atom. The predicted octanol–water partition coefficient (Wildman–Crippen LogP) is 3.81. The van der Waals surface area contributed by atoms with Crippen LogP contribution in [0.2, 0.25) is 0 Å². The molecule has 106 valence electrons. The molecule has 5 heteroatoms. The van der Waals surface area contributed by atoms with Gasteiger partial charge in [0.1, 0.15) is 6.04 Å². The summed E-state index contributed by atoms with van der Waals surface area (Å²) in [5.74, 6) is 2.31. The van der Waals surface area contributed by atoms with Gasteiger partial charge in [-0.2, -0.15) is 16.7 Å². The highest BCUT2D eigenvalue weighted by Gasteiger charge is 2.26. The Labute approximate surface area is 123 Å². The number of thioether (sulfide) groups is 1. The van der Waals surface area contributed by atoms with E-state index in [-0.39, 0.29) is 6.04 Å². The van der Waals surface area contributed by atoms with E-state index in [9.17, 15) is 0 Å². The van der Waals surface area contributed by atoms with Crippen molar-refractivity contribution in [1.82, 2.24) is 10.1 Å². The van der Waals surface area contributed by atoms with Gasteiger partial charge in [0.15, 0.2) is 5.82 Å². The lowest BCUT2D eigenvalue weighted by atomic mass is 10.1. The van der Waals surface area contributed by atoms with Crippen molar-refractivity contribution in [3.05, 3.63) is 41.5 Å². The average molecular weight is 289 g/mol. The molecule has 4 nitrogen and oxygen atoms in total. The molecule has 0 radical (unpaired) electrons. The van der Waals surface area contributed by atoms with Crippen molar-refractivity contribution < 1.29 is 4.52 Å². The van der Waals surface area contributed by atoms with Crippen LogP contribution in [0.25, 0.3) is 0 Å². The van der Waals surface area contributed by atoms with E-state index in [0.29, 0.717) is 11.1 Å². The topological polar surface area (TPSA) is 51.0 Å². The van der Waals surface area contributed by atoms with Gasteiger partial charge in [-0.3, -0.25) is 0 Å². The zero-order valence-corrected chi connectivity index (χ0v) is 12.6. The van der Waals surface area contributed by atoms with E-state index in [2.05, 4.69) is 47.5 Å². The van der Waals surface area contributed by atoms with Crippen molar-refractivity contribution in [2.24, 2.45) is 0 Å². The van der Waals surface area contributed by atoms with Crippen molar-refractivity contribution in [3.8, 4) is 0 Å². The summed E-state index contributed by atoms with van der Waals surface area (Å²) >= 11 is 1.87. The normalized spacial score (nSPS) is 18.6. The van der Waals surface area contributed by atoms with Gasteiger partial charge in [0.2, 0.25) is 5.89 Å². The van der Waals surface area contributed by atoms with Crippen molar-refractivity contribution in [1.29, 1.82) is 0 Å². The summed E-state index contributed by atoms with van der Waals surface area (Å²) in [6, 6.07) is 8.44. The Morgan fingerprint density at radius 3 is 3.10 bits per heavy atom. The summed E-state index contributed by atoms with van der Waals surface area (Å²) in [6.45, 7) is 4.42. The first-order valence-corrected chi connectivity index (χ1v) is 8.09. The Balaban J connectivity index is 1.64. The average Bonchev–Trinajstić information content (AvgIpc) is 3.10. The molecule has 0 amide bonds. The van der Waals surface area contributed by atoms with Crippen LogP contribution in [-0.2, 0) is 12.2 Å². The van der Waals surface area contributed by atoms with Gasteiger partial charge >= 0.3 is 0 Å². The van der Waals surface area contributed by atoms with Crippen LogP contribution in [0.4, 0.5) is 5.69 Å². The molecule has 0 bridgehead atoms. The molecule has 1 aliphatic heterocycles. The highest BCUT2D eigenvalue weighted by atomic mass is 32.2. The number of rotatable bonds is 5. The lowest BCUT2D eigenvalue weighted by molar-refractivity contribution is 0.360. The van der Waals surface area contributed by atoms with Crippen molar-refractivity contribution in [3.63, 3.8) is 0 Å². The van der Waals surface area contributed by atoms with Crippen LogP contribution < -0.4 is 5.32 Å². The molecule has 1 N–H and O–H groups in total. The number of nitrogens with zero attached hydrogens (tertiary/aromatic N) is 2. The predicted molar refractivity (Wildman–Crippen MR) is 81.9 cm³/mol. The Hall–Kier alpha value is -1.49. The summed E-state index contributed by atoms with van der Waals surface area (Å²) in [4.78, 5) is 4.52. The Kier molecular flexibility index (Phi) is 3.96. The number of aromatic nitrogens is 2. The van der Waals surface area contributed by atoms with E-state index < -0.39 is 0 Å². The molecule has 2 aromatic rings. The minimum atomic E-state index is 0.113. The van der Waals surface area contributed by atoms with Crippen LogP contribution in [0, 0.1) is 0 Å². The number of nitrogens with one attached hydrogen (secondary N) is 1. The van der Waals surface area contributed by atoms with E-state index in [0.717, 1.165) is 24.4 Å². The fourth-order valence-electron chi connectivity index (χ4n) is 2.25. The molecule has 0 fully saturated rings. The maximum Gasteiger partial charge on any atom is 0.249 e. The molecule has 2 heterocycles. The fourth-order valence-corrected chi connectivity index (χ4v) is 3.04. The maximum atomic E-state index is 5.41. The van der Waals surface area contributed by atoms with Crippen molar-refractivity contribution in [2.75, 3.05) is 5.32 Å². The second-order valence-corrected chi connectivity index (χ2v) is 6.56. The molecule has 20 heavy (non-hydrogen) atoms.